The van der Waals surface area contributed by atoms with Gasteiger partial charge in [0.15, 0.2) is 13.2 Å². The van der Waals surface area contributed by atoms with E-state index in [1.165, 1.54) is 68.9 Å². The Kier molecular flexibility index (Phi) is 8.59. The van der Waals surface area contributed by atoms with Gasteiger partial charge in [0.05, 0.1) is 0 Å². The Labute approximate surface area is 180 Å². The number of carbonyl (C=O) groups is 2. The van der Waals surface area contributed by atoms with Gasteiger partial charge in [-0.3, -0.25) is 0 Å². The molecule has 2 aliphatic rings. The minimum Gasteiger partial charge on any atom is -0.482 e. The fraction of sp³-hybridized carbons (Fsp3) is 0.680. The molecule has 1 fully saturated rings. The zero-order valence-corrected chi connectivity index (χ0v) is 18.2. The first-order valence-corrected chi connectivity index (χ1v) is 11.7. The van der Waals surface area contributed by atoms with E-state index in [4.69, 9.17) is 9.84 Å². The standard InChI is InChI=1S/C25H36O5/c1-2-3-4-5-6-7-9-18-12-13-20-15-22-19(14-21(18)20)10-8-11-23(22)29-17-25(28)30-16-24(26)27/h8,10-11,18,20-21H,2-7,9,12-17H2,1H3,(H,26,27)/t18-,20?,21+/m0/s1. The second-order valence-corrected chi connectivity index (χ2v) is 8.96. The molecule has 1 saturated carbocycles. The number of fused-ring (bicyclic) bond motifs is 2. The molecule has 0 amide bonds. The van der Waals surface area contributed by atoms with Crippen LogP contribution in [0.15, 0.2) is 18.2 Å². The van der Waals surface area contributed by atoms with Crippen molar-refractivity contribution in [1.82, 2.24) is 0 Å². The third-order valence-electron chi connectivity index (χ3n) is 6.90. The van der Waals surface area contributed by atoms with E-state index in [2.05, 4.69) is 17.7 Å². The number of rotatable bonds is 12. The van der Waals surface area contributed by atoms with E-state index >= 15 is 0 Å². The van der Waals surface area contributed by atoms with Crippen molar-refractivity contribution in [3.05, 3.63) is 29.3 Å². The van der Waals surface area contributed by atoms with E-state index in [-0.39, 0.29) is 6.61 Å². The van der Waals surface area contributed by atoms with Crippen LogP contribution in [-0.4, -0.2) is 30.3 Å². The first-order chi connectivity index (χ1) is 14.6. The molecule has 0 saturated heterocycles. The van der Waals surface area contributed by atoms with Gasteiger partial charge < -0.3 is 14.6 Å². The number of carbonyl (C=O) groups excluding carboxylic acids is 1. The highest BCUT2D eigenvalue weighted by atomic mass is 16.6. The van der Waals surface area contributed by atoms with E-state index in [9.17, 15) is 9.59 Å². The second-order valence-electron chi connectivity index (χ2n) is 8.96. The van der Waals surface area contributed by atoms with E-state index in [0.717, 1.165) is 30.4 Å². The third kappa shape index (κ3) is 6.23. The fourth-order valence-corrected chi connectivity index (χ4v) is 5.38. The van der Waals surface area contributed by atoms with Crippen LogP contribution < -0.4 is 4.74 Å². The van der Waals surface area contributed by atoms with Gasteiger partial charge in [-0.25, -0.2) is 9.59 Å². The highest BCUT2D eigenvalue weighted by molar-refractivity contribution is 5.76. The number of hydrogen-bond acceptors (Lipinski definition) is 4. The van der Waals surface area contributed by atoms with Gasteiger partial charge >= 0.3 is 11.9 Å². The fourth-order valence-electron chi connectivity index (χ4n) is 5.38. The number of unbranched alkanes of at least 4 members (excludes halogenated alkanes) is 5. The van der Waals surface area contributed by atoms with Crippen molar-refractivity contribution in [2.45, 2.75) is 77.6 Å². The lowest BCUT2D eigenvalue weighted by Gasteiger charge is -2.32. The number of esters is 1. The normalized spacial score (nSPS) is 22.2. The van der Waals surface area contributed by atoms with Gasteiger partial charge in [-0.1, -0.05) is 64.0 Å². The molecule has 0 bridgehead atoms. The average molecular weight is 417 g/mol. The van der Waals surface area contributed by atoms with Crippen molar-refractivity contribution < 1.29 is 24.2 Å². The molecular weight excluding hydrogens is 380 g/mol. The van der Waals surface area contributed by atoms with Gasteiger partial charge in [0, 0.05) is 0 Å². The summed E-state index contributed by atoms with van der Waals surface area (Å²) in [6.45, 7) is 1.39. The van der Waals surface area contributed by atoms with Crippen LogP contribution in [-0.2, 0) is 27.2 Å². The van der Waals surface area contributed by atoms with Crippen molar-refractivity contribution in [1.29, 1.82) is 0 Å². The van der Waals surface area contributed by atoms with Gasteiger partial charge in [0.2, 0.25) is 0 Å². The SMILES string of the molecule is CCCCCCCC[C@H]1CCC2Cc3c(cccc3OCC(=O)OCC(=O)O)C[C@@H]21. The van der Waals surface area contributed by atoms with Crippen molar-refractivity contribution in [2.24, 2.45) is 17.8 Å². The summed E-state index contributed by atoms with van der Waals surface area (Å²) in [7, 11) is 0. The van der Waals surface area contributed by atoms with Gasteiger partial charge in [-0.15, -0.1) is 0 Å². The minimum atomic E-state index is -1.16. The van der Waals surface area contributed by atoms with Crippen LogP contribution in [0, 0.1) is 17.8 Å². The molecule has 5 nitrogen and oxygen atoms in total. The Morgan fingerprint density at radius 2 is 1.83 bits per heavy atom. The number of hydrogen-bond donors (Lipinski definition) is 1. The summed E-state index contributed by atoms with van der Waals surface area (Å²) in [5, 5.41) is 8.60. The summed E-state index contributed by atoms with van der Waals surface area (Å²) < 4.78 is 10.4. The molecule has 1 aromatic rings. The highest BCUT2D eigenvalue weighted by Crippen LogP contribution is 2.48. The molecule has 0 radical (unpaired) electrons. The summed E-state index contributed by atoms with van der Waals surface area (Å²) in [6, 6.07) is 6.10. The first-order valence-electron chi connectivity index (χ1n) is 11.7. The Balaban J connectivity index is 1.51. The summed E-state index contributed by atoms with van der Waals surface area (Å²) >= 11 is 0. The first kappa shape index (κ1) is 22.6. The Morgan fingerprint density at radius 3 is 2.63 bits per heavy atom. The lowest BCUT2D eigenvalue weighted by Crippen LogP contribution is -2.26. The molecular formula is C25H36O5. The van der Waals surface area contributed by atoms with E-state index in [0.29, 0.717) is 5.92 Å². The maximum Gasteiger partial charge on any atom is 0.344 e. The summed E-state index contributed by atoms with van der Waals surface area (Å²) in [5.41, 5.74) is 2.58. The molecule has 3 atom stereocenters. The number of aliphatic carboxylic acids is 1. The molecule has 0 aromatic heterocycles. The van der Waals surface area contributed by atoms with Crippen LogP contribution >= 0.6 is 0 Å². The Hall–Kier alpha value is -2.04. The largest absolute Gasteiger partial charge is 0.482 e. The Morgan fingerprint density at radius 1 is 1.03 bits per heavy atom. The molecule has 0 heterocycles. The molecule has 166 valence electrons. The molecule has 0 spiro atoms. The zero-order valence-electron chi connectivity index (χ0n) is 18.2. The average Bonchev–Trinajstić information content (AvgIpc) is 3.13. The minimum absolute atomic E-state index is 0.252. The molecule has 1 N–H and O–H groups in total. The van der Waals surface area contributed by atoms with Crippen LogP contribution in [0.2, 0.25) is 0 Å². The van der Waals surface area contributed by atoms with Crippen molar-refractivity contribution in [2.75, 3.05) is 13.2 Å². The summed E-state index contributed by atoms with van der Waals surface area (Å²) in [5.74, 6) is 1.28. The number of carboxylic acid groups (broad SMARTS) is 1. The van der Waals surface area contributed by atoms with E-state index < -0.39 is 18.5 Å². The van der Waals surface area contributed by atoms with Crippen LogP contribution in [0.5, 0.6) is 5.75 Å². The van der Waals surface area contributed by atoms with Crippen molar-refractivity contribution in [3.8, 4) is 5.75 Å². The monoisotopic (exact) mass is 416 g/mol. The molecule has 1 unspecified atom stereocenters. The number of benzene rings is 1. The van der Waals surface area contributed by atoms with E-state index in [1.54, 1.807) is 0 Å². The molecule has 0 aliphatic heterocycles. The predicted molar refractivity (Wildman–Crippen MR) is 116 cm³/mol. The van der Waals surface area contributed by atoms with Gasteiger partial charge in [-0.2, -0.15) is 0 Å². The smallest absolute Gasteiger partial charge is 0.344 e. The van der Waals surface area contributed by atoms with Gasteiger partial charge in [0.25, 0.3) is 0 Å². The van der Waals surface area contributed by atoms with Gasteiger partial charge in [0.1, 0.15) is 5.75 Å². The summed E-state index contributed by atoms with van der Waals surface area (Å²) in [6.07, 6.45) is 14.3. The van der Waals surface area contributed by atoms with Gasteiger partial charge in [-0.05, 0) is 60.6 Å². The topological polar surface area (TPSA) is 72.8 Å². The van der Waals surface area contributed by atoms with Crippen LogP contribution in [0.4, 0.5) is 0 Å². The molecule has 1 aromatic carbocycles. The molecule has 5 heteroatoms. The maximum absolute atomic E-state index is 11.7. The quantitative estimate of drug-likeness (QED) is 0.375. The summed E-state index contributed by atoms with van der Waals surface area (Å²) in [4.78, 5) is 22.2. The molecule has 30 heavy (non-hydrogen) atoms. The lowest BCUT2D eigenvalue weighted by molar-refractivity contribution is -0.156. The van der Waals surface area contributed by atoms with Crippen molar-refractivity contribution >= 4 is 11.9 Å². The van der Waals surface area contributed by atoms with Crippen LogP contribution in [0.1, 0.15) is 75.8 Å². The molecule has 2 aliphatic carbocycles. The predicted octanol–water partition coefficient (Wildman–Crippen LogP) is 5.18. The van der Waals surface area contributed by atoms with Crippen molar-refractivity contribution in [3.63, 3.8) is 0 Å². The third-order valence-corrected chi connectivity index (χ3v) is 6.90. The Bertz CT molecular complexity index is 713. The maximum atomic E-state index is 11.7. The van der Waals surface area contributed by atoms with E-state index in [1.807, 2.05) is 12.1 Å². The second kappa shape index (κ2) is 11.4. The zero-order chi connectivity index (χ0) is 21.3. The number of ether oxygens (including phenoxy) is 2. The number of carboxylic acids is 1. The van der Waals surface area contributed by atoms with Crippen LogP contribution in [0.25, 0.3) is 0 Å². The van der Waals surface area contributed by atoms with Crippen LogP contribution in [0.3, 0.4) is 0 Å². The molecule has 3 rings (SSSR count). The lowest BCUT2D eigenvalue weighted by atomic mass is 9.73. The highest BCUT2D eigenvalue weighted by Gasteiger charge is 2.39.